The Labute approximate surface area is 142 Å². The molecule has 0 aliphatic carbocycles. The van der Waals surface area contributed by atoms with Crippen LogP contribution in [-0.4, -0.2) is 60.8 Å². The lowest BCUT2D eigenvalue weighted by molar-refractivity contribution is 0.0263. The van der Waals surface area contributed by atoms with Gasteiger partial charge >= 0.3 is 12.1 Å². The maximum Gasteiger partial charge on any atom is 0.410 e. The van der Waals surface area contributed by atoms with Crippen LogP contribution in [0.1, 0.15) is 37.6 Å². The summed E-state index contributed by atoms with van der Waals surface area (Å²) in [7, 11) is 1.34. The number of hydrogen-bond acceptors (Lipinski definition) is 6. The second-order valence-corrected chi connectivity index (χ2v) is 6.70. The molecular weight excluding hydrogens is 310 g/mol. The fraction of sp³-hybridized carbons (Fsp3) is 0.588. The van der Waals surface area contributed by atoms with Crippen LogP contribution in [0.2, 0.25) is 0 Å². The second-order valence-electron chi connectivity index (χ2n) is 6.70. The van der Waals surface area contributed by atoms with Gasteiger partial charge in [0.05, 0.1) is 12.7 Å². The van der Waals surface area contributed by atoms with Gasteiger partial charge in [-0.05, 0) is 39.3 Å². The van der Waals surface area contributed by atoms with Crippen molar-refractivity contribution in [3.63, 3.8) is 0 Å². The molecule has 1 aromatic rings. The Kier molecular flexibility index (Phi) is 5.64. The number of esters is 1. The predicted molar refractivity (Wildman–Crippen MR) is 90.2 cm³/mol. The second kappa shape index (κ2) is 7.51. The van der Waals surface area contributed by atoms with Gasteiger partial charge in [-0.15, -0.1) is 0 Å². The van der Waals surface area contributed by atoms with Crippen LogP contribution < -0.4 is 4.90 Å². The SMILES string of the molecule is COC(=O)c1ccc(N2CCCN(C(=O)OC(C)(C)C)CC2)nc1. The summed E-state index contributed by atoms with van der Waals surface area (Å²) in [6.07, 6.45) is 2.07. The first kappa shape index (κ1) is 18.0. The minimum absolute atomic E-state index is 0.279. The Hall–Kier alpha value is -2.31. The summed E-state index contributed by atoms with van der Waals surface area (Å²) < 4.78 is 10.1. The number of nitrogens with zero attached hydrogens (tertiary/aromatic N) is 3. The van der Waals surface area contributed by atoms with Crippen LogP contribution in [0.5, 0.6) is 0 Å². The van der Waals surface area contributed by atoms with Gasteiger partial charge < -0.3 is 19.3 Å². The summed E-state index contributed by atoms with van der Waals surface area (Å²) in [5.74, 6) is 0.384. The lowest BCUT2D eigenvalue weighted by Crippen LogP contribution is -2.39. The third-order valence-corrected chi connectivity index (χ3v) is 3.64. The van der Waals surface area contributed by atoms with Crippen molar-refractivity contribution in [3.8, 4) is 0 Å². The van der Waals surface area contributed by atoms with E-state index in [0.29, 0.717) is 25.2 Å². The number of aromatic nitrogens is 1. The topological polar surface area (TPSA) is 72.0 Å². The first-order chi connectivity index (χ1) is 11.3. The first-order valence-electron chi connectivity index (χ1n) is 8.07. The van der Waals surface area contributed by atoms with E-state index in [1.165, 1.54) is 13.3 Å². The van der Waals surface area contributed by atoms with Crippen molar-refractivity contribution in [1.82, 2.24) is 9.88 Å². The summed E-state index contributed by atoms with van der Waals surface area (Å²) in [4.78, 5) is 31.8. The zero-order valence-corrected chi connectivity index (χ0v) is 14.7. The number of ether oxygens (including phenoxy) is 2. The molecule has 2 heterocycles. The van der Waals surface area contributed by atoms with Crippen LogP contribution in [0.15, 0.2) is 18.3 Å². The molecule has 1 aliphatic rings. The quantitative estimate of drug-likeness (QED) is 0.772. The molecule has 7 nitrogen and oxygen atoms in total. The van der Waals surface area contributed by atoms with Crippen LogP contribution in [0.4, 0.5) is 10.6 Å². The van der Waals surface area contributed by atoms with E-state index in [-0.39, 0.29) is 6.09 Å². The minimum Gasteiger partial charge on any atom is -0.465 e. The fourth-order valence-corrected chi connectivity index (χ4v) is 2.47. The number of hydrogen-bond donors (Lipinski definition) is 0. The summed E-state index contributed by atoms with van der Waals surface area (Å²) in [5.41, 5.74) is -0.0691. The van der Waals surface area contributed by atoms with E-state index in [4.69, 9.17) is 4.74 Å². The maximum atomic E-state index is 12.2. The van der Waals surface area contributed by atoms with E-state index in [0.717, 1.165) is 18.8 Å². The number of rotatable bonds is 2. The van der Waals surface area contributed by atoms with E-state index in [1.807, 2.05) is 20.8 Å². The number of amides is 1. The summed E-state index contributed by atoms with van der Waals surface area (Å²) in [6, 6.07) is 3.50. The normalized spacial score (nSPS) is 15.7. The molecule has 0 radical (unpaired) electrons. The monoisotopic (exact) mass is 335 g/mol. The van der Waals surface area contributed by atoms with E-state index in [1.54, 1.807) is 17.0 Å². The average molecular weight is 335 g/mol. The number of carbonyl (C=O) groups excluding carboxylic acids is 2. The van der Waals surface area contributed by atoms with Crippen molar-refractivity contribution in [2.75, 3.05) is 38.2 Å². The zero-order chi connectivity index (χ0) is 17.7. The lowest BCUT2D eigenvalue weighted by Gasteiger charge is -2.26. The molecule has 0 N–H and O–H groups in total. The molecule has 24 heavy (non-hydrogen) atoms. The van der Waals surface area contributed by atoms with Gasteiger partial charge in [0, 0.05) is 32.4 Å². The van der Waals surface area contributed by atoms with Crippen molar-refractivity contribution >= 4 is 17.9 Å². The predicted octanol–water partition coefficient (Wildman–Crippen LogP) is 2.32. The van der Waals surface area contributed by atoms with Crippen molar-refractivity contribution < 1.29 is 19.1 Å². The Morgan fingerprint density at radius 1 is 1.12 bits per heavy atom. The van der Waals surface area contributed by atoms with Crippen LogP contribution in [0.3, 0.4) is 0 Å². The summed E-state index contributed by atoms with van der Waals surface area (Å²) in [6.45, 7) is 8.29. The molecule has 1 aliphatic heterocycles. The number of anilines is 1. The third-order valence-electron chi connectivity index (χ3n) is 3.64. The molecule has 2 rings (SSSR count). The molecule has 0 bridgehead atoms. The molecular formula is C17H25N3O4. The highest BCUT2D eigenvalue weighted by molar-refractivity contribution is 5.89. The largest absolute Gasteiger partial charge is 0.465 e. The van der Waals surface area contributed by atoms with Gasteiger partial charge in [-0.3, -0.25) is 0 Å². The Morgan fingerprint density at radius 2 is 1.88 bits per heavy atom. The van der Waals surface area contributed by atoms with Crippen LogP contribution in [-0.2, 0) is 9.47 Å². The van der Waals surface area contributed by atoms with Gasteiger partial charge in [0.25, 0.3) is 0 Å². The fourth-order valence-electron chi connectivity index (χ4n) is 2.47. The van der Waals surface area contributed by atoms with Crippen molar-refractivity contribution in [2.24, 2.45) is 0 Å². The van der Waals surface area contributed by atoms with Crippen LogP contribution in [0, 0.1) is 0 Å². The van der Waals surface area contributed by atoms with E-state index < -0.39 is 11.6 Å². The number of pyridine rings is 1. The molecule has 0 spiro atoms. The molecule has 1 amide bonds. The molecule has 1 fully saturated rings. The standard InChI is InChI=1S/C17H25N3O4/c1-17(2,3)24-16(22)20-9-5-8-19(10-11-20)14-7-6-13(12-18-14)15(21)23-4/h6-7,12H,5,8-11H2,1-4H3. The highest BCUT2D eigenvalue weighted by Gasteiger charge is 2.24. The van der Waals surface area contributed by atoms with Gasteiger partial charge in [-0.1, -0.05) is 0 Å². The molecule has 0 atom stereocenters. The molecule has 0 saturated carbocycles. The first-order valence-corrected chi connectivity index (χ1v) is 8.07. The number of carbonyl (C=O) groups is 2. The average Bonchev–Trinajstić information content (AvgIpc) is 2.79. The smallest absolute Gasteiger partial charge is 0.410 e. The van der Waals surface area contributed by atoms with Gasteiger partial charge in [-0.2, -0.15) is 0 Å². The van der Waals surface area contributed by atoms with Gasteiger partial charge in [0.15, 0.2) is 0 Å². The Morgan fingerprint density at radius 3 is 2.46 bits per heavy atom. The van der Waals surface area contributed by atoms with Gasteiger partial charge in [-0.25, -0.2) is 14.6 Å². The summed E-state index contributed by atoms with van der Waals surface area (Å²) in [5, 5.41) is 0. The minimum atomic E-state index is -0.492. The highest BCUT2D eigenvalue weighted by atomic mass is 16.6. The molecule has 132 valence electrons. The van der Waals surface area contributed by atoms with Gasteiger partial charge in [0.2, 0.25) is 0 Å². The molecule has 7 heteroatoms. The molecule has 0 aromatic carbocycles. The highest BCUT2D eigenvalue weighted by Crippen LogP contribution is 2.16. The Bertz CT molecular complexity index is 580. The Balaban J connectivity index is 1.98. The number of methoxy groups -OCH3 is 1. The molecule has 0 unspecified atom stereocenters. The van der Waals surface area contributed by atoms with Crippen LogP contribution >= 0.6 is 0 Å². The molecule has 1 aromatic heterocycles. The van der Waals surface area contributed by atoms with Crippen molar-refractivity contribution in [1.29, 1.82) is 0 Å². The van der Waals surface area contributed by atoms with Crippen LogP contribution in [0.25, 0.3) is 0 Å². The molecule has 1 saturated heterocycles. The lowest BCUT2D eigenvalue weighted by atomic mass is 10.2. The zero-order valence-electron chi connectivity index (χ0n) is 14.7. The van der Waals surface area contributed by atoms with Crippen molar-refractivity contribution in [2.45, 2.75) is 32.8 Å². The van der Waals surface area contributed by atoms with Crippen molar-refractivity contribution in [3.05, 3.63) is 23.9 Å². The van der Waals surface area contributed by atoms with E-state index in [9.17, 15) is 9.59 Å². The van der Waals surface area contributed by atoms with E-state index in [2.05, 4.69) is 14.6 Å². The van der Waals surface area contributed by atoms with E-state index >= 15 is 0 Å². The maximum absolute atomic E-state index is 12.2. The summed E-state index contributed by atoms with van der Waals surface area (Å²) >= 11 is 0. The third kappa shape index (κ3) is 4.84. The van der Waals surface area contributed by atoms with Gasteiger partial charge in [0.1, 0.15) is 11.4 Å².